The third-order valence-electron chi connectivity index (χ3n) is 4.89. The SMILES string of the molecule is O=c1ccn([C@@H]2O[C@H](COP(=O)(O)OP(=O)(O)OC3OC[C@](O)(CO)[C@H]3O)[C@@H](O)[C@H]2O)c(=O)[nH]1. The summed E-state index contributed by atoms with van der Waals surface area (Å²) in [6, 6.07) is 0.939. The number of H-pyrrole nitrogens is 1. The molecule has 3 rings (SSSR count). The van der Waals surface area contributed by atoms with E-state index in [-0.39, 0.29) is 0 Å². The van der Waals surface area contributed by atoms with E-state index in [4.69, 9.17) is 14.6 Å². The minimum absolute atomic E-state index is 0.693. The second-order valence-corrected chi connectivity index (χ2v) is 10.4. The van der Waals surface area contributed by atoms with Crippen LogP contribution in [0.15, 0.2) is 21.9 Å². The predicted octanol–water partition coefficient (Wildman–Crippen LogP) is -4.15. The molecular formula is C14H22N2O16P2. The Morgan fingerprint density at radius 1 is 1.18 bits per heavy atom. The van der Waals surface area contributed by atoms with Crippen LogP contribution in [-0.2, 0) is 32.0 Å². The van der Waals surface area contributed by atoms with E-state index in [0.717, 1.165) is 16.8 Å². The molecule has 8 N–H and O–H groups in total. The summed E-state index contributed by atoms with van der Waals surface area (Å²) < 4.78 is 47.7. The third kappa shape index (κ3) is 5.89. The van der Waals surface area contributed by atoms with E-state index < -0.39 is 89.2 Å². The zero-order valence-electron chi connectivity index (χ0n) is 16.9. The maximum atomic E-state index is 12.1. The molecule has 0 aliphatic carbocycles. The molecule has 2 aliphatic heterocycles. The number of aromatic amines is 1. The molecule has 2 saturated heterocycles. The molecule has 1 aromatic heterocycles. The fourth-order valence-electron chi connectivity index (χ4n) is 3.08. The molecule has 18 nitrogen and oxygen atoms in total. The zero-order chi connectivity index (χ0) is 25.5. The molecule has 3 heterocycles. The third-order valence-corrected chi connectivity index (χ3v) is 7.49. The number of aromatic nitrogens is 2. The van der Waals surface area contributed by atoms with Gasteiger partial charge in [-0.2, -0.15) is 4.31 Å². The molecule has 2 fully saturated rings. The summed E-state index contributed by atoms with van der Waals surface area (Å²) in [5.74, 6) is 0. The lowest BCUT2D eigenvalue weighted by atomic mass is 10.0. The smallest absolute Gasteiger partial charge is 0.393 e. The highest BCUT2D eigenvalue weighted by Crippen LogP contribution is 2.61. The van der Waals surface area contributed by atoms with Gasteiger partial charge in [0.2, 0.25) is 0 Å². The summed E-state index contributed by atoms with van der Waals surface area (Å²) in [4.78, 5) is 44.3. The first-order valence-corrected chi connectivity index (χ1v) is 12.3. The molecule has 34 heavy (non-hydrogen) atoms. The van der Waals surface area contributed by atoms with Crippen molar-refractivity contribution in [3.63, 3.8) is 0 Å². The zero-order valence-corrected chi connectivity index (χ0v) is 18.7. The monoisotopic (exact) mass is 536 g/mol. The molecule has 194 valence electrons. The van der Waals surface area contributed by atoms with Crippen LogP contribution in [0.25, 0.3) is 0 Å². The number of nitrogens with zero attached hydrogens (tertiary/aromatic N) is 1. The number of hydrogen-bond acceptors (Lipinski definition) is 14. The second-order valence-electron chi connectivity index (χ2n) is 7.37. The highest BCUT2D eigenvalue weighted by atomic mass is 31.3. The average molecular weight is 536 g/mol. The van der Waals surface area contributed by atoms with E-state index in [1.807, 2.05) is 4.98 Å². The molecule has 2 aliphatic rings. The van der Waals surface area contributed by atoms with Crippen molar-refractivity contribution in [2.75, 3.05) is 19.8 Å². The first-order chi connectivity index (χ1) is 15.7. The lowest BCUT2D eigenvalue weighted by molar-refractivity contribution is -0.122. The van der Waals surface area contributed by atoms with E-state index in [0.29, 0.717) is 0 Å². The van der Waals surface area contributed by atoms with Crippen LogP contribution in [0.2, 0.25) is 0 Å². The minimum atomic E-state index is -5.48. The molecule has 1 aromatic rings. The van der Waals surface area contributed by atoms with E-state index in [1.54, 1.807) is 0 Å². The molecule has 0 aromatic carbocycles. The van der Waals surface area contributed by atoms with Crippen LogP contribution < -0.4 is 11.2 Å². The molecule has 0 radical (unpaired) electrons. The number of aliphatic hydroxyl groups excluding tert-OH is 4. The van der Waals surface area contributed by atoms with Gasteiger partial charge >= 0.3 is 21.3 Å². The van der Waals surface area contributed by atoms with E-state index in [2.05, 4.69) is 13.4 Å². The number of rotatable bonds is 9. The summed E-state index contributed by atoms with van der Waals surface area (Å²) in [6.45, 7) is -2.68. The highest BCUT2D eigenvalue weighted by Gasteiger charge is 2.52. The largest absolute Gasteiger partial charge is 0.483 e. The Labute approximate surface area is 188 Å². The Bertz CT molecular complexity index is 1090. The van der Waals surface area contributed by atoms with Crippen molar-refractivity contribution < 1.29 is 67.3 Å². The van der Waals surface area contributed by atoms with Gasteiger partial charge in [-0.1, -0.05) is 0 Å². The molecule has 0 spiro atoms. The fraction of sp³-hybridized carbons (Fsp3) is 0.714. The minimum Gasteiger partial charge on any atom is -0.393 e. The standard InChI is InChI=1S/C14H22N2O16P2/c17-4-14(23)5-28-12(10(14)21)31-34(26,27)32-33(24,25)29-3-6-8(19)9(20)11(30-6)16-2-1-7(18)15-13(16)22/h1-2,6,8-12,17,19-21,23H,3-5H2,(H,24,25)(H,26,27)(H,15,18,22)/t6-,8-,9-,10+,11-,12?,14-/m1/s1. The summed E-state index contributed by atoms with van der Waals surface area (Å²) in [5, 5.41) is 48.8. The van der Waals surface area contributed by atoms with Gasteiger partial charge in [0.25, 0.3) is 5.56 Å². The summed E-state index contributed by atoms with van der Waals surface area (Å²) in [6.07, 6.45) is -9.63. The van der Waals surface area contributed by atoms with Crippen LogP contribution >= 0.6 is 15.6 Å². The Morgan fingerprint density at radius 3 is 2.44 bits per heavy atom. The Balaban J connectivity index is 1.60. The van der Waals surface area contributed by atoms with Gasteiger partial charge < -0.3 is 44.8 Å². The molecule has 20 heteroatoms. The normalized spacial score (nSPS) is 37.4. The predicted molar refractivity (Wildman–Crippen MR) is 103 cm³/mol. The Morgan fingerprint density at radius 2 is 1.85 bits per heavy atom. The van der Waals surface area contributed by atoms with Gasteiger partial charge in [0, 0.05) is 12.3 Å². The molecule has 9 atom stereocenters. The van der Waals surface area contributed by atoms with Crippen LogP contribution in [0.5, 0.6) is 0 Å². The van der Waals surface area contributed by atoms with Crippen LogP contribution in [0.1, 0.15) is 6.23 Å². The summed E-state index contributed by atoms with van der Waals surface area (Å²) >= 11 is 0. The summed E-state index contributed by atoms with van der Waals surface area (Å²) in [7, 11) is -10.9. The van der Waals surface area contributed by atoms with Gasteiger partial charge in [0.05, 0.1) is 19.8 Å². The van der Waals surface area contributed by atoms with Gasteiger partial charge in [-0.15, -0.1) is 0 Å². The molecule has 0 bridgehead atoms. The number of ether oxygens (including phenoxy) is 2. The van der Waals surface area contributed by atoms with Crippen LogP contribution in [0.4, 0.5) is 0 Å². The van der Waals surface area contributed by atoms with E-state index in [1.165, 1.54) is 0 Å². The van der Waals surface area contributed by atoms with Crippen molar-refractivity contribution >= 4 is 15.6 Å². The maximum Gasteiger partial charge on any atom is 0.483 e. The van der Waals surface area contributed by atoms with E-state index in [9.17, 15) is 48.9 Å². The van der Waals surface area contributed by atoms with Crippen molar-refractivity contribution in [3.05, 3.63) is 33.1 Å². The Kier molecular flexibility index (Phi) is 7.98. The quantitative estimate of drug-likeness (QED) is 0.139. The molecule has 0 saturated carbocycles. The van der Waals surface area contributed by atoms with Crippen molar-refractivity contribution in [1.82, 2.24) is 9.55 Å². The Hall–Kier alpha value is -1.34. The molecule has 0 amide bonds. The topological polar surface area (TPSA) is 277 Å². The van der Waals surface area contributed by atoms with Gasteiger partial charge in [0.1, 0.15) is 30.0 Å². The van der Waals surface area contributed by atoms with Crippen LogP contribution in [0, 0.1) is 0 Å². The molecular weight excluding hydrogens is 514 g/mol. The second kappa shape index (κ2) is 9.96. The number of nitrogens with one attached hydrogen (secondary N) is 1. The van der Waals surface area contributed by atoms with Gasteiger partial charge in [-0.05, 0) is 0 Å². The maximum absolute atomic E-state index is 12.1. The van der Waals surface area contributed by atoms with Crippen molar-refractivity contribution in [2.45, 2.75) is 42.5 Å². The van der Waals surface area contributed by atoms with Gasteiger partial charge in [0.15, 0.2) is 12.5 Å². The lowest BCUT2D eigenvalue weighted by Gasteiger charge is -2.24. The summed E-state index contributed by atoms with van der Waals surface area (Å²) in [5.41, 5.74) is -3.94. The first kappa shape index (κ1) is 27.3. The molecule has 3 unspecified atom stereocenters. The lowest BCUT2D eigenvalue weighted by Crippen LogP contribution is -2.47. The number of phosphoric ester groups is 2. The average Bonchev–Trinajstić information content (AvgIpc) is 3.17. The van der Waals surface area contributed by atoms with E-state index >= 15 is 0 Å². The number of phosphoric acid groups is 2. The first-order valence-electron chi connectivity index (χ1n) is 9.34. The van der Waals surface area contributed by atoms with Gasteiger partial charge in [-0.25, -0.2) is 13.9 Å². The van der Waals surface area contributed by atoms with Crippen molar-refractivity contribution in [1.29, 1.82) is 0 Å². The van der Waals surface area contributed by atoms with Crippen LogP contribution in [0.3, 0.4) is 0 Å². The fourth-order valence-corrected chi connectivity index (χ4v) is 5.24. The van der Waals surface area contributed by atoms with Crippen molar-refractivity contribution in [2.24, 2.45) is 0 Å². The van der Waals surface area contributed by atoms with Crippen LogP contribution in [-0.4, -0.2) is 101 Å². The number of hydrogen-bond donors (Lipinski definition) is 8. The number of aliphatic hydroxyl groups is 5. The van der Waals surface area contributed by atoms with Crippen molar-refractivity contribution in [3.8, 4) is 0 Å². The highest BCUT2D eigenvalue weighted by molar-refractivity contribution is 7.61. The van der Waals surface area contributed by atoms with Gasteiger partial charge in [-0.3, -0.25) is 23.4 Å².